The number of rotatable bonds is 3. The first kappa shape index (κ1) is 10.5. The minimum atomic E-state index is 0.738. The maximum Gasteiger partial charge on any atom is 0.0579 e. The molecule has 3 heteroatoms. The molecule has 0 atom stereocenters. The fraction of sp³-hybridized carbons (Fsp3) is 0.154. The van der Waals surface area contributed by atoms with Crippen molar-refractivity contribution in [1.82, 2.24) is 4.98 Å². The molecule has 0 radical (unpaired) electrons. The van der Waals surface area contributed by atoms with Crippen LogP contribution in [0.15, 0.2) is 42.7 Å². The van der Waals surface area contributed by atoms with Gasteiger partial charge in [0.2, 0.25) is 0 Å². The molecule has 0 fully saturated rings. The van der Waals surface area contributed by atoms with Gasteiger partial charge in [0.15, 0.2) is 0 Å². The van der Waals surface area contributed by atoms with Crippen LogP contribution in [0.5, 0.6) is 0 Å². The summed E-state index contributed by atoms with van der Waals surface area (Å²) >= 11 is 0. The van der Waals surface area contributed by atoms with E-state index in [1.165, 1.54) is 5.56 Å². The second-order valence-corrected chi connectivity index (χ2v) is 3.81. The van der Waals surface area contributed by atoms with Crippen molar-refractivity contribution in [3.63, 3.8) is 0 Å². The maximum atomic E-state index is 5.88. The molecule has 0 unspecified atom stereocenters. The predicted molar refractivity (Wildman–Crippen MR) is 67.2 cm³/mol. The van der Waals surface area contributed by atoms with Crippen molar-refractivity contribution in [3.8, 4) is 0 Å². The SMILES string of the molecule is Cc1ccc(N)c(NCc2cccnc2)c1. The monoisotopic (exact) mass is 213 g/mol. The van der Waals surface area contributed by atoms with Gasteiger partial charge in [0.1, 0.15) is 0 Å². The summed E-state index contributed by atoms with van der Waals surface area (Å²) in [5, 5.41) is 3.31. The van der Waals surface area contributed by atoms with Crippen LogP contribution in [0, 0.1) is 6.92 Å². The van der Waals surface area contributed by atoms with Crippen molar-refractivity contribution >= 4 is 11.4 Å². The first-order valence-electron chi connectivity index (χ1n) is 5.24. The number of aromatic nitrogens is 1. The maximum absolute atomic E-state index is 5.88. The van der Waals surface area contributed by atoms with Gasteiger partial charge in [-0.2, -0.15) is 0 Å². The second kappa shape index (κ2) is 4.66. The molecule has 82 valence electrons. The van der Waals surface area contributed by atoms with Crippen molar-refractivity contribution < 1.29 is 0 Å². The number of anilines is 2. The van der Waals surface area contributed by atoms with Crippen LogP contribution in [0.3, 0.4) is 0 Å². The van der Waals surface area contributed by atoms with Crippen LogP contribution in [0.4, 0.5) is 11.4 Å². The summed E-state index contributed by atoms with van der Waals surface area (Å²) in [5.74, 6) is 0. The summed E-state index contributed by atoms with van der Waals surface area (Å²) in [4.78, 5) is 4.07. The standard InChI is InChI=1S/C13H15N3/c1-10-4-5-12(14)13(7-10)16-9-11-3-2-6-15-8-11/h2-8,16H,9,14H2,1H3. The zero-order valence-corrected chi connectivity index (χ0v) is 9.27. The molecule has 0 bridgehead atoms. The van der Waals surface area contributed by atoms with Crippen LogP contribution < -0.4 is 11.1 Å². The molecule has 0 aliphatic rings. The molecule has 0 amide bonds. The van der Waals surface area contributed by atoms with E-state index in [0.717, 1.165) is 23.5 Å². The predicted octanol–water partition coefficient (Wildman–Crippen LogP) is 2.58. The number of nitrogen functional groups attached to an aromatic ring is 1. The highest BCUT2D eigenvalue weighted by Crippen LogP contribution is 2.20. The average Bonchev–Trinajstić information content (AvgIpc) is 2.32. The Morgan fingerprint density at radius 1 is 1.31 bits per heavy atom. The lowest BCUT2D eigenvalue weighted by Crippen LogP contribution is -2.02. The van der Waals surface area contributed by atoms with E-state index in [-0.39, 0.29) is 0 Å². The van der Waals surface area contributed by atoms with E-state index in [2.05, 4.69) is 17.2 Å². The molecule has 1 heterocycles. The van der Waals surface area contributed by atoms with Crippen molar-refractivity contribution in [1.29, 1.82) is 0 Å². The molecule has 0 aliphatic carbocycles. The minimum Gasteiger partial charge on any atom is -0.397 e. The fourth-order valence-corrected chi connectivity index (χ4v) is 1.52. The molecule has 0 spiro atoms. The van der Waals surface area contributed by atoms with E-state index in [1.54, 1.807) is 6.20 Å². The van der Waals surface area contributed by atoms with Crippen molar-refractivity contribution in [2.24, 2.45) is 0 Å². The molecule has 0 saturated heterocycles. The molecule has 3 nitrogen and oxygen atoms in total. The zero-order valence-electron chi connectivity index (χ0n) is 9.27. The summed E-state index contributed by atoms with van der Waals surface area (Å²) in [5.41, 5.74) is 9.96. The van der Waals surface area contributed by atoms with E-state index < -0.39 is 0 Å². The summed E-state index contributed by atoms with van der Waals surface area (Å²) in [6, 6.07) is 9.93. The molecule has 2 aromatic rings. The van der Waals surface area contributed by atoms with Gasteiger partial charge >= 0.3 is 0 Å². The Morgan fingerprint density at radius 2 is 2.19 bits per heavy atom. The normalized spacial score (nSPS) is 10.1. The Morgan fingerprint density at radius 3 is 2.94 bits per heavy atom. The second-order valence-electron chi connectivity index (χ2n) is 3.81. The highest BCUT2D eigenvalue weighted by molar-refractivity contribution is 5.66. The smallest absolute Gasteiger partial charge is 0.0579 e. The van der Waals surface area contributed by atoms with Crippen LogP contribution in [0.1, 0.15) is 11.1 Å². The molecular weight excluding hydrogens is 198 g/mol. The zero-order chi connectivity index (χ0) is 11.4. The Kier molecular flexibility index (Phi) is 3.05. The molecule has 3 N–H and O–H groups in total. The largest absolute Gasteiger partial charge is 0.397 e. The number of hydrogen-bond acceptors (Lipinski definition) is 3. The third-order valence-corrected chi connectivity index (χ3v) is 2.41. The molecule has 1 aromatic carbocycles. The van der Waals surface area contributed by atoms with Crippen molar-refractivity contribution in [3.05, 3.63) is 53.9 Å². The first-order chi connectivity index (χ1) is 7.75. The van der Waals surface area contributed by atoms with Gasteiger partial charge in [0, 0.05) is 18.9 Å². The average molecular weight is 213 g/mol. The minimum absolute atomic E-state index is 0.738. The number of aryl methyl sites for hydroxylation is 1. The van der Waals surface area contributed by atoms with Gasteiger partial charge in [0.25, 0.3) is 0 Å². The Bertz CT molecular complexity index is 466. The summed E-state index contributed by atoms with van der Waals surface area (Å²) in [7, 11) is 0. The highest BCUT2D eigenvalue weighted by atomic mass is 14.9. The van der Waals surface area contributed by atoms with Gasteiger partial charge in [-0.3, -0.25) is 4.98 Å². The van der Waals surface area contributed by atoms with Gasteiger partial charge in [0.05, 0.1) is 11.4 Å². The quantitative estimate of drug-likeness (QED) is 0.770. The number of nitrogens with one attached hydrogen (secondary N) is 1. The topological polar surface area (TPSA) is 50.9 Å². The Labute approximate surface area is 95.3 Å². The van der Waals surface area contributed by atoms with Crippen molar-refractivity contribution in [2.45, 2.75) is 13.5 Å². The lowest BCUT2D eigenvalue weighted by Gasteiger charge is -2.09. The number of benzene rings is 1. The van der Waals surface area contributed by atoms with Gasteiger partial charge in [-0.15, -0.1) is 0 Å². The van der Waals surface area contributed by atoms with Crippen LogP contribution in [-0.4, -0.2) is 4.98 Å². The Balaban J connectivity index is 2.08. The molecular formula is C13H15N3. The van der Waals surface area contributed by atoms with Crippen LogP contribution >= 0.6 is 0 Å². The van der Waals surface area contributed by atoms with E-state index in [4.69, 9.17) is 5.73 Å². The van der Waals surface area contributed by atoms with Crippen LogP contribution in [0.25, 0.3) is 0 Å². The van der Waals surface area contributed by atoms with E-state index >= 15 is 0 Å². The lowest BCUT2D eigenvalue weighted by atomic mass is 10.2. The summed E-state index contributed by atoms with van der Waals surface area (Å²) in [6.45, 7) is 2.79. The highest BCUT2D eigenvalue weighted by Gasteiger charge is 1.98. The molecule has 1 aromatic heterocycles. The number of pyridine rings is 1. The molecule has 16 heavy (non-hydrogen) atoms. The van der Waals surface area contributed by atoms with Crippen molar-refractivity contribution in [2.75, 3.05) is 11.1 Å². The third-order valence-electron chi connectivity index (χ3n) is 2.41. The van der Waals surface area contributed by atoms with Gasteiger partial charge in [-0.25, -0.2) is 0 Å². The van der Waals surface area contributed by atoms with E-state index in [9.17, 15) is 0 Å². The third kappa shape index (κ3) is 2.51. The summed E-state index contributed by atoms with van der Waals surface area (Å²) < 4.78 is 0. The molecule has 0 saturated carbocycles. The fourth-order valence-electron chi connectivity index (χ4n) is 1.52. The van der Waals surface area contributed by atoms with Gasteiger partial charge in [-0.1, -0.05) is 12.1 Å². The number of hydrogen-bond donors (Lipinski definition) is 2. The summed E-state index contributed by atoms with van der Waals surface area (Å²) in [6.07, 6.45) is 3.61. The van der Waals surface area contributed by atoms with E-state index in [1.807, 2.05) is 36.5 Å². The van der Waals surface area contributed by atoms with E-state index in [0.29, 0.717) is 0 Å². The van der Waals surface area contributed by atoms with Gasteiger partial charge in [-0.05, 0) is 36.2 Å². The number of nitrogens with two attached hydrogens (primary N) is 1. The van der Waals surface area contributed by atoms with Crippen LogP contribution in [-0.2, 0) is 6.54 Å². The van der Waals surface area contributed by atoms with Gasteiger partial charge < -0.3 is 11.1 Å². The number of nitrogens with zero attached hydrogens (tertiary/aromatic N) is 1. The first-order valence-corrected chi connectivity index (χ1v) is 5.24. The lowest BCUT2D eigenvalue weighted by molar-refractivity contribution is 1.11. The van der Waals surface area contributed by atoms with Crippen LogP contribution in [0.2, 0.25) is 0 Å². The molecule has 0 aliphatic heterocycles. The Hall–Kier alpha value is -2.03. The molecule has 2 rings (SSSR count).